The Morgan fingerprint density at radius 1 is 1.02 bits per heavy atom. The van der Waals surface area contributed by atoms with Crippen molar-refractivity contribution >= 4 is 57.3 Å². The Balaban J connectivity index is 1.18. The number of fused-ring (bicyclic) bond motifs is 3. The Kier molecular flexibility index (Phi) is 12.9. The zero-order valence-electron chi connectivity index (χ0n) is 33.6. The summed E-state index contributed by atoms with van der Waals surface area (Å²) in [7, 11) is 1.55. The number of thiazole rings is 1. The highest BCUT2D eigenvalue weighted by Gasteiger charge is 2.61. The van der Waals surface area contributed by atoms with Gasteiger partial charge in [-0.1, -0.05) is 38.8 Å². The van der Waals surface area contributed by atoms with Gasteiger partial charge in [-0.25, -0.2) is 24.4 Å². The van der Waals surface area contributed by atoms with E-state index in [0.717, 1.165) is 44.9 Å². The molecule has 5 atom stereocenters. The van der Waals surface area contributed by atoms with Gasteiger partial charge in [0.05, 0.1) is 31.5 Å². The molecular weight excluding hydrogens is 781 g/mol. The van der Waals surface area contributed by atoms with Gasteiger partial charge in [0.1, 0.15) is 47.0 Å². The molecule has 7 rings (SSSR count). The third kappa shape index (κ3) is 9.89. The second kappa shape index (κ2) is 18.2. The summed E-state index contributed by atoms with van der Waals surface area (Å²) >= 11 is 1.20. The van der Waals surface area contributed by atoms with Gasteiger partial charge in [0.25, 0.3) is 0 Å². The van der Waals surface area contributed by atoms with Gasteiger partial charge in [0, 0.05) is 35.2 Å². The second-order valence-electron chi connectivity index (χ2n) is 16.2. The van der Waals surface area contributed by atoms with Crippen LogP contribution in [0.5, 0.6) is 11.5 Å². The molecule has 4 amide bonds. The third-order valence-electron chi connectivity index (χ3n) is 11.3. The number of amides is 4. The normalized spacial score (nSPS) is 25.5. The van der Waals surface area contributed by atoms with Crippen molar-refractivity contribution in [2.24, 2.45) is 11.8 Å². The number of carbonyl (C=O) groups excluding carboxylic acids is 4. The highest BCUT2D eigenvalue weighted by molar-refractivity contribution is 7.14. The van der Waals surface area contributed by atoms with Gasteiger partial charge in [-0.2, -0.15) is 0 Å². The molecule has 2 unspecified atom stereocenters. The summed E-state index contributed by atoms with van der Waals surface area (Å²) < 4.78 is 23.1. The van der Waals surface area contributed by atoms with Crippen molar-refractivity contribution in [3.05, 3.63) is 41.8 Å². The summed E-state index contributed by atoms with van der Waals surface area (Å²) in [5.41, 5.74) is -0.0591. The number of aliphatic carboxylic acids is 1. The lowest BCUT2D eigenvalue weighted by Crippen LogP contribution is -2.56. The molecule has 2 aromatic heterocycles. The van der Waals surface area contributed by atoms with Crippen molar-refractivity contribution < 1.29 is 48.0 Å². The summed E-state index contributed by atoms with van der Waals surface area (Å²) in [5, 5.41) is 21.3. The van der Waals surface area contributed by atoms with E-state index in [1.165, 1.54) is 16.2 Å². The molecule has 2 aliphatic heterocycles. The number of carbonyl (C=O) groups is 5. The molecule has 1 saturated heterocycles. The molecule has 3 fully saturated rings. The number of nitrogens with zero attached hydrogens (tertiary/aromatic N) is 3. The number of carboxylic acids is 1. The van der Waals surface area contributed by atoms with Gasteiger partial charge in [-0.15, -0.1) is 11.3 Å². The minimum absolute atomic E-state index is 0.0191. The smallest absolute Gasteiger partial charge is 0.413 e. The van der Waals surface area contributed by atoms with Crippen LogP contribution < -0.4 is 25.4 Å². The molecule has 4 aliphatic rings. The second-order valence-corrected chi connectivity index (χ2v) is 17.0. The van der Waals surface area contributed by atoms with Crippen LogP contribution in [0.2, 0.25) is 0 Å². The molecule has 0 spiro atoms. The first-order valence-corrected chi connectivity index (χ1v) is 21.3. The maximum absolute atomic E-state index is 14.6. The van der Waals surface area contributed by atoms with E-state index < -0.39 is 53.7 Å². The Morgan fingerprint density at radius 2 is 1.81 bits per heavy atom. The van der Waals surface area contributed by atoms with E-state index >= 15 is 0 Å². The molecule has 4 N–H and O–H groups in total. The lowest BCUT2D eigenvalue weighted by atomic mass is 10.0. The number of pyridine rings is 1. The molecule has 16 nitrogen and oxygen atoms in total. The molecule has 17 heteroatoms. The summed E-state index contributed by atoms with van der Waals surface area (Å²) in [6.45, 7) is 4.11. The maximum atomic E-state index is 14.6. The van der Waals surface area contributed by atoms with Crippen molar-refractivity contribution in [2.45, 2.75) is 114 Å². The molecule has 0 bridgehead atoms. The van der Waals surface area contributed by atoms with E-state index in [1.54, 1.807) is 36.8 Å². The maximum Gasteiger partial charge on any atom is 0.413 e. The van der Waals surface area contributed by atoms with Crippen molar-refractivity contribution in [1.29, 1.82) is 0 Å². The van der Waals surface area contributed by atoms with Gasteiger partial charge in [0.15, 0.2) is 5.13 Å². The van der Waals surface area contributed by atoms with Crippen LogP contribution in [0, 0.1) is 11.8 Å². The monoisotopic (exact) mass is 832 g/mol. The first kappa shape index (κ1) is 41.7. The third-order valence-corrected chi connectivity index (χ3v) is 12.0. The Labute approximate surface area is 346 Å². The molecule has 59 heavy (non-hydrogen) atoms. The summed E-state index contributed by atoms with van der Waals surface area (Å²) in [6, 6.07) is 4.97. The number of anilines is 1. The molecule has 0 radical (unpaired) electrons. The quantitative estimate of drug-likeness (QED) is 0.163. The van der Waals surface area contributed by atoms with Gasteiger partial charge >= 0.3 is 18.2 Å². The van der Waals surface area contributed by atoms with Gasteiger partial charge in [-0.05, 0) is 69.4 Å². The fourth-order valence-corrected chi connectivity index (χ4v) is 8.70. The molecule has 3 aromatic rings. The number of methoxy groups -OCH3 is 1. The summed E-state index contributed by atoms with van der Waals surface area (Å²) in [4.78, 5) is 77.7. The van der Waals surface area contributed by atoms with Crippen LogP contribution in [-0.4, -0.2) is 100 Å². The highest BCUT2D eigenvalue weighted by atomic mass is 32.1. The number of allylic oxidation sites excluding steroid dienone is 1. The average molecular weight is 833 g/mol. The first-order valence-electron chi connectivity index (χ1n) is 20.5. The van der Waals surface area contributed by atoms with Crippen molar-refractivity contribution in [3.63, 3.8) is 0 Å². The number of ether oxygens (including phenoxy) is 4. The number of aromatic nitrogens is 2. The van der Waals surface area contributed by atoms with Crippen LogP contribution in [0.3, 0.4) is 0 Å². The zero-order valence-corrected chi connectivity index (χ0v) is 34.4. The standard InChI is InChI=1S/C42H52N6O10S/c1-24(2)22-56-40(53)46-39-44-33(23-59-39)32-19-35(29-16-15-27(55-3)17-31(29)43-32)57-28-18-34-36(49)47-42(38(51)52)20-25(42)11-7-5-4-6-8-14-30(37(50)48(34)21-28)45-41(54)58-26-12-9-10-13-26/h7,11,15-17,19,23-26,28,30,34H,4-6,8-10,12-14,18,20-22H2,1-3H3,(H,45,54)(H,47,49)(H,51,52)(H,44,46,53)/b11-7-/t25?,28-,30+,34+,42?/m1/s1. The number of benzene rings is 1. The lowest BCUT2D eigenvalue weighted by molar-refractivity contribution is -0.145. The van der Waals surface area contributed by atoms with E-state index in [0.29, 0.717) is 51.8 Å². The number of nitrogens with one attached hydrogen (secondary N) is 3. The fraction of sp³-hybridized carbons (Fsp3) is 0.548. The summed E-state index contributed by atoms with van der Waals surface area (Å²) in [5.74, 6) is -1.47. The molecule has 1 aromatic carbocycles. The van der Waals surface area contributed by atoms with E-state index in [-0.39, 0.29) is 43.9 Å². The SMILES string of the molecule is COc1ccc2c(O[C@@H]3C[C@H]4C(=O)NC5(C(=O)O)CC5/C=C\CCCCC[C@H](NC(=O)OC5CCCC5)C(=O)N4C3)cc(-c3csc(NC(=O)OCC(C)C)n3)nc2c1. The number of rotatable bonds is 10. The molecule has 2 saturated carbocycles. The van der Waals surface area contributed by atoms with E-state index in [2.05, 4.69) is 20.9 Å². The predicted molar refractivity (Wildman–Crippen MR) is 218 cm³/mol. The number of hydrogen-bond acceptors (Lipinski definition) is 12. The minimum atomic E-state index is -1.48. The van der Waals surface area contributed by atoms with Crippen LogP contribution in [0.4, 0.5) is 14.7 Å². The Bertz CT molecular complexity index is 2080. The Hall–Kier alpha value is -5.45. The van der Waals surface area contributed by atoms with Gasteiger partial charge < -0.3 is 39.6 Å². The molecule has 4 heterocycles. The topological polar surface area (TPSA) is 208 Å². The molecule has 316 valence electrons. The van der Waals surface area contributed by atoms with Gasteiger partial charge in [0.2, 0.25) is 11.8 Å². The lowest BCUT2D eigenvalue weighted by Gasteiger charge is -2.29. The van der Waals surface area contributed by atoms with Crippen LogP contribution in [0.25, 0.3) is 22.3 Å². The van der Waals surface area contributed by atoms with Crippen LogP contribution in [0.1, 0.15) is 84.5 Å². The summed E-state index contributed by atoms with van der Waals surface area (Å²) in [6.07, 6.45) is 8.68. The zero-order chi connectivity index (χ0) is 41.7. The average Bonchev–Trinajstić information content (AvgIpc) is 3.63. The minimum Gasteiger partial charge on any atom is -0.497 e. The Morgan fingerprint density at radius 3 is 2.58 bits per heavy atom. The highest BCUT2D eigenvalue weighted by Crippen LogP contribution is 2.45. The van der Waals surface area contributed by atoms with E-state index in [1.807, 2.05) is 26.0 Å². The number of alkyl carbamates (subject to hydrolysis) is 1. The van der Waals surface area contributed by atoms with Crippen molar-refractivity contribution in [2.75, 3.05) is 25.6 Å². The van der Waals surface area contributed by atoms with Crippen LogP contribution >= 0.6 is 11.3 Å². The van der Waals surface area contributed by atoms with E-state index in [4.69, 9.17) is 23.9 Å². The number of carboxylic acid groups (broad SMARTS) is 1. The van der Waals surface area contributed by atoms with Crippen molar-refractivity contribution in [3.8, 4) is 22.9 Å². The number of hydrogen-bond donors (Lipinski definition) is 4. The molecular formula is C42H52N6O10S. The largest absolute Gasteiger partial charge is 0.497 e. The van der Waals surface area contributed by atoms with Crippen LogP contribution in [0.15, 0.2) is 41.8 Å². The van der Waals surface area contributed by atoms with Gasteiger partial charge in [-0.3, -0.25) is 14.9 Å². The van der Waals surface area contributed by atoms with Crippen molar-refractivity contribution in [1.82, 2.24) is 25.5 Å². The molecule has 2 aliphatic carbocycles. The fourth-order valence-electron chi connectivity index (χ4n) is 8.01. The van der Waals surface area contributed by atoms with E-state index in [9.17, 15) is 29.1 Å². The first-order chi connectivity index (χ1) is 28.4. The predicted octanol–water partition coefficient (Wildman–Crippen LogP) is 6.44. The van der Waals surface area contributed by atoms with Crippen LogP contribution in [-0.2, 0) is 23.9 Å².